The molecule has 2 atom stereocenters. The van der Waals surface area contributed by atoms with Gasteiger partial charge in [0.05, 0.1) is 12.0 Å². The second-order valence-electron chi connectivity index (χ2n) is 4.28. The quantitative estimate of drug-likeness (QED) is 0.722. The number of nitrogens with zero attached hydrogens (tertiary/aromatic N) is 1. The summed E-state index contributed by atoms with van der Waals surface area (Å²) in [5.74, 6) is -0.820. The fourth-order valence-electron chi connectivity index (χ4n) is 2.22. The van der Waals surface area contributed by atoms with E-state index in [1.807, 2.05) is 0 Å². The maximum absolute atomic E-state index is 10.6. The Labute approximate surface area is 83.8 Å². The van der Waals surface area contributed by atoms with Crippen molar-refractivity contribution in [2.75, 3.05) is 19.7 Å². The van der Waals surface area contributed by atoms with Crippen LogP contribution in [0.4, 0.5) is 0 Å². The molecule has 0 spiro atoms. The molecule has 2 fully saturated rings. The molecule has 2 saturated heterocycles. The average Bonchev–Trinajstić information content (AvgIpc) is 2.51. The van der Waals surface area contributed by atoms with Crippen molar-refractivity contribution in [3.8, 4) is 0 Å². The number of carbonyl (C=O) groups is 1. The van der Waals surface area contributed by atoms with E-state index in [9.17, 15) is 4.79 Å². The third-order valence-electron chi connectivity index (χ3n) is 3.34. The molecule has 1 N–H and O–H groups in total. The summed E-state index contributed by atoms with van der Waals surface area (Å²) in [6.07, 6.45) is 2.59. The van der Waals surface area contributed by atoms with E-state index in [4.69, 9.17) is 9.84 Å². The lowest BCUT2D eigenvalue weighted by atomic mass is 9.95. The maximum atomic E-state index is 10.6. The molecule has 0 radical (unpaired) electrons. The summed E-state index contributed by atoms with van der Waals surface area (Å²) in [6, 6.07) is 0.382. The summed E-state index contributed by atoms with van der Waals surface area (Å²) in [4.78, 5) is 12.8. The number of aliphatic carboxylic acids is 1. The normalized spacial score (nSPS) is 31.4. The van der Waals surface area contributed by atoms with Crippen LogP contribution < -0.4 is 0 Å². The van der Waals surface area contributed by atoms with E-state index in [2.05, 4.69) is 11.8 Å². The lowest BCUT2D eigenvalue weighted by molar-refractivity contribution is -0.150. The van der Waals surface area contributed by atoms with Crippen molar-refractivity contribution in [1.82, 2.24) is 4.90 Å². The van der Waals surface area contributed by atoms with E-state index in [0.29, 0.717) is 25.2 Å². The molecule has 80 valence electrons. The molecule has 2 unspecified atom stereocenters. The van der Waals surface area contributed by atoms with Crippen molar-refractivity contribution in [3.05, 3.63) is 0 Å². The Morgan fingerprint density at radius 2 is 2.29 bits per heavy atom. The van der Waals surface area contributed by atoms with Gasteiger partial charge in [0.1, 0.15) is 0 Å². The van der Waals surface area contributed by atoms with Gasteiger partial charge in [-0.25, -0.2) is 0 Å². The minimum Gasteiger partial charge on any atom is -0.481 e. The molecule has 4 heteroatoms. The molecule has 0 aliphatic carbocycles. The number of carboxylic acids is 1. The zero-order valence-electron chi connectivity index (χ0n) is 8.48. The minimum atomic E-state index is -0.666. The summed E-state index contributed by atoms with van der Waals surface area (Å²) < 4.78 is 5.58. The lowest BCUT2D eigenvalue weighted by Crippen LogP contribution is -2.56. The van der Waals surface area contributed by atoms with Gasteiger partial charge in [-0.1, -0.05) is 0 Å². The second-order valence-corrected chi connectivity index (χ2v) is 4.28. The average molecular weight is 199 g/mol. The smallest absolute Gasteiger partial charge is 0.309 e. The summed E-state index contributed by atoms with van der Waals surface area (Å²) in [6.45, 7) is 4.38. The molecule has 2 aliphatic heterocycles. The Kier molecular flexibility index (Phi) is 2.74. The van der Waals surface area contributed by atoms with E-state index in [1.165, 1.54) is 0 Å². The number of likely N-dealkylation sites (tertiary alicyclic amines) is 1. The van der Waals surface area contributed by atoms with Crippen molar-refractivity contribution in [2.24, 2.45) is 5.92 Å². The van der Waals surface area contributed by atoms with Crippen LogP contribution in [-0.4, -0.2) is 47.8 Å². The van der Waals surface area contributed by atoms with Gasteiger partial charge in [0.25, 0.3) is 0 Å². The van der Waals surface area contributed by atoms with E-state index < -0.39 is 5.97 Å². The van der Waals surface area contributed by atoms with Gasteiger partial charge >= 0.3 is 5.97 Å². The topological polar surface area (TPSA) is 49.8 Å². The monoisotopic (exact) mass is 199 g/mol. The highest BCUT2D eigenvalue weighted by Gasteiger charge is 2.38. The predicted molar refractivity (Wildman–Crippen MR) is 51.1 cm³/mol. The van der Waals surface area contributed by atoms with Gasteiger partial charge in [-0.2, -0.15) is 0 Å². The molecule has 2 heterocycles. The standard InChI is InChI=1S/C10H17NO3/c1-7(9-3-2-4-14-9)11-5-8(6-11)10(12)13/h7-9H,2-6H2,1H3,(H,12,13). The minimum absolute atomic E-state index is 0.154. The second kappa shape index (κ2) is 3.87. The highest BCUT2D eigenvalue weighted by Crippen LogP contribution is 2.25. The highest BCUT2D eigenvalue weighted by molar-refractivity contribution is 5.71. The van der Waals surface area contributed by atoms with Crippen LogP contribution in [0.5, 0.6) is 0 Å². The first-order valence-corrected chi connectivity index (χ1v) is 5.27. The first kappa shape index (κ1) is 9.93. The molecule has 0 aromatic rings. The van der Waals surface area contributed by atoms with E-state index >= 15 is 0 Å². The zero-order valence-corrected chi connectivity index (χ0v) is 8.48. The Morgan fingerprint density at radius 3 is 2.79 bits per heavy atom. The summed E-state index contributed by atoms with van der Waals surface area (Å²) in [5.41, 5.74) is 0. The molecule has 0 aromatic carbocycles. The van der Waals surface area contributed by atoms with E-state index in [-0.39, 0.29) is 5.92 Å². The van der Waals surface area contributed by atoms with Crippen LogP contribution in [0.1, 0.15) is 19.8 Å². The fraction of sp³-hybridized carbons (Fsp3) is 0.900. The van der Waals surface area contributed by atoms with Crippen molar-refractivity contribution in [3.63, 3.8) is 0 Å². The van der Waals surface area contributed by atoms with Gasteiger partial charge in [-0.3, -0.25) is 9.69 Å². The van der Waals surface area contributed by atoms with Gasteiger partial charge in [0.2, 0.25) is 0 Å². The number of hydrogen-bond acceptors (Lipinski definition) is 3. The maximum Gasteiger partial charge on any atom is 0.309 e. The third kappa shape index (κ3) is 1.77. The largest absolute Gasteiger partial charge is 0.481 e. The molecule has 0 amide bonds. The van der Waals surface area contributed by atoms with Crippen LogP contribution in [0.2, 0.25) is 0 Å². The van der Waals surface area contributed by atoms with Crippen LogP contribution in [0.3, 0.4) is 0 Å². The van der Waals surface area contributed by atoms with Crippen LogP contribution in [-0.2, 0) is 9.53 Å². The Bertz CT molecular complexity index is 219. The fourth-order valence-corrected chi connectivity index (χ4v) is 2.22. The number of ether oxygens (including phenoxy) is 1. The molecule has 2 rings (SSSR count). The Balaban J connectivity index is 1.78. The van der Waals surface area contributed by atoms with Gasteiger partial charge < -0.3 is 9.84 Å². The lowest BCUT2D eigenvalue weighted by Gasteiger charge is -2.42. The van der Waals surface area contributed by atoms with Crippen molar-refractivity contribution < 1.29 is 14.6 Å². The van der Waals surface area contributed by atoms with Crippen molar-refractivity contribution in [2.45, 2.75) is 31.9 Å². The van der Waals surface area contributed by atoms with Crippen LogP contribution in [0, 0.1) is 5.92 Å². The molecular weight excluding hydrogens is 182 g/mol. The molecular formula is C10H17NO3. The Hall–Kier alpha value is -0.610. The van der Waals surface area contributed by atoms with E-state index in [1.54, 1.807) is 0 Å². The first-order valence-electron chi connectivity index (χ1n) is 5.27. The first-order chi connectivity index (χ1) is 6.68. The molecule has 2 aliphatic rings. The number of hydrogen-bond donors (Lipinski definition) is 1. The predicted octanol–water partition coefficient (Wildman–Crippen LogP) is 0.570. The zero-order chi connectivity index (χ0) is 10.1. The molecule has 0 aromatic heterocycles. The number of rotatable bonds is 3. The summed E-state index contributed by atoms with van der Waals surface area (Å²) in [7, 11) is 0. The Morgan fingerprint density at radius 1 is 1.57 bits per heavy atom. The third-order valence-corrected chi connectivity index (χ3v) is 3.34. The van der Waals surface area contributed by atoms with Gasteiger partial charge in [0.15, 0.2) is 0 Å². The highest BCUT2D eigenvalue weighted by atomic mass is 16.5. The van der Waals surface area contributed by atoms with Crippen LogP contribution in [0.25, 0.3) is 0 Å². The van der Waals surface area contributed by atoms with Crippen LogP contribution in [0.15, 0.2) is 0 Å². The molecule has 0 saturated carbocycles. The molecule has 14 heavy (non-hydrogen) atoms. The van der Waals surface area contributed by atoms with Crippen LogP contribution >= 0.6 is 0 Å². The van der Waals surface area contributed by atoms with Crippen molar-refractivity contribution in [1.29, 1.82) is 0 Å². The SMILES string of the molecule is CC(C1CCCO1)N1CC(C(=O)O)C1. The van der Waals surface area contributed by atoms with E-state index in [0.717, 1.165) is 19.4 Å². The number of carboxylic acid groups (broad SMARTS) is 1. The summed E-state index contributed by atoms with van der Waals surface area (Å²) >= 11 is 0. The molecule has 4 nitrogen and oxygen atoms in total. The van der Waals surface area contributed by atoms with Gasteiger partial charge in [-0.05, 0) is 19.8 Å². The summed E-state index contributed by atoms with van der Waals surface area (Å²) in [5, 5.41) is 8.74. The van der Waals surface area contributed by atoms with Crippen molar-refractivity contribution >= 4 is 5.97 Å². The van der Waals surface area contributed by atoms with Gasteiger partial charge in [-0.15, -0.1) is 0 Å². The van der Waals surface area contributed by atoms with Gasteiger partial charge in [0, 0.05) is 25.7 Å². The molecule has 0 bridgehead atoms.